The van der Waals surface area contributed by atoms with Crippen LogP contribution in [0.2, 0.25) is 0 Å². The molecule has 1 aromatic carbocycles. The summed E-state index contributed by atoms with van der Waals surface area (Å²) in [5.41, 5.74) is 1.76. The van der Waals surface area contributed by atoms with Crippen LogP contribution in [0.25, 0.3) is 0 Å². The van der Waals surface area contributed by atoms with Gasteiger partial charge in [-0.2, -0.15) is 0 Å². The fourth-order valence-corrected chi connectivity index (χ4v) is 3.61. The van der Waals surface area contributed by atoms with Crippen LogP contribution in [0.5, 0.6) is 0 Å². The molecule has 0 unspecified atom stereocenters. The van der Waals surface area contributed by atoms with E-state index in [-0.39, 0.29) is 23.3 Å². The van der Waals surface area contributed by atoms with Gasteiger partial charge in [0.05, 0.1) is 10.8 Å². The molecule has 2 rings (SSSR count). The molecule has 1 heterocycles. The second-order valence-electron chi connectivity index (χ2n) is 6.32. The first-order chi connectivity index (χ1) is 10.5. The van der Waals surface area contributed by atoms with Crippen LogP contribution in [0.1, 0.15) is 28.4 Å². The van der Waals surface area contributed by atoms with Gasteiger partial charge in [-0.05, 0) is 43.0 Å². The van der Waals surface area contributed by atoms with Gasteiger partial charge in [0.2, 0.25) is 0 Å². The number of rotatable bonds is 3. The molecule has 1 aliphatic heterocycles. The Labute approximate surface area is 136 Å². The third-order valence-electron chi connectivity index (χ3n) is 4.52. The molecule has 1 aliphatic rings. The lowest BCUT2D eigenvalue weighted by molar-refractivity contribution is -0.142. The maximum Gasteiger partial charge on any atom is 0.308 e. The zero-order valence-electron chi connectivity index (χ0n) is 13.7. The van der Waals surface area contributed by atoms with E-state index in [1.807, 2.05) is 0 Å². The van der Waals surface area contributed by atoms with E-state index in [0.29, 0.717) is 17.7 Å². The summed E-state index contributed by atoms with van der Waals surface area (Å²) < 4.78 is 23.6. The third kappa shape index (κ3) is 3.39. The molecule has 2 atom stereocenters. The van der Waals surface area contributed by atoms with Gasteiger partial charge in [0.25, 0.3) is 5.91 Å². The summed E-state index contributed by atoms with van der Waals surface area (Å²) in [4.78, 5) is 25.6. The Morgan fingerprint density at radius 2 is 1.83 bits per heavy atom. The number of amides is 1. The van der Waals surface area contributed by atoms with Crippen molar-refractivity contribution in [1.82, 2.24) is 4.90 Å². The Morgan fingerprint density at radius 1 is 1.22 bits per heavy atom. The normalized spacial score (nSPS) is 21.5. The topological polar surface area (TPSA) is 91.8 Å². The van der Waals surface area contributed by atoms with Gasteiger partial charge in [0, 0.05) is 24.9 Å². The van der Waals surface area contributed by atoms with E-state index in [1.165, 1.54) is 11.0 Å². The quantitative estimate of drug-likeness (QED) is 0.901. The van der Waals surface area contributed by atoms with Gasteiger partial charge in [0.1, 0.15) is 0 Å². The molecule has 0 aromatic heterocycles. The number of carboxylic acids is 1. The summed E-state index contributed by atoms with van der Waals surface area (Å²) in [7, 11) is -3.42. The number of aliphatic carboxylic acids is 1. The fraction of sp³-hybridized carbons (Fsp3) is 0.500. The van der Waals surface area contributed by atoms with E-state index >= 15 is 0 Å². The number of carbonyl (C=O) groups excluding carboxylic acids is 1. The largest absolute Gasteiger partial charge is 0.481 e. The molecule has 0 radical (unpaired) electrons. The molecule has 1 amide bonds. The average molecular weight is 339 g/mol. The number of likely N-dealkylation sites (tertiary alicyclic amines) is 1. The number of benzene rings is 1. The average Bonchev–Trinajstić information content (AvgIpc) is 2.82. The van der Waals surface area contributed by atoms with Crippen LogP contribution < -0.4 is 0 Å². The van der Waals surface area contributed by atoms with Crippen LogP contribution in [0, 0.1) is 25.7 Å². The summed E-state index contributed by atoms with van der Waals surface area (Å²) in [6.07, 6.45) is 1.10. The summed E-state index contributed by atoms with van der Waals surface area (Å²) in [5, 5.41) is 9.19. The highest BCUT2D eigenvalue weighted by Crippen LogP contribution is 2.27. The number of aryl methyl sites for hydroxylation is 1. The van der Waals surface area contributed by atoms with Crippen molar-refractivity contribution in [1.29, 1.82) is 0 Å². The molecule has 23 heavy (non-hydrogen) atoms. The van der Waals surface area contributed by atoms with Gasteiger partial charge in [-0.15, -0.1) is 0 Å². The number of sulfone groups is 1. The maximum atomic E-state index is 12.8. The molecular formula is C16H21NO5S. The first-order valence-electron chi connectivity index (χ1n) is 7.35. The monoisotopic (exact) mass is 339 g/mol. The third-order valence-corrected chi connectivity index (χ3v) is 5.61. The Kier molecular flexibility index (Phi) is 4.52. The molecule has 0 aliphatic carbocycles. The first kappa shape index (κ1) is 17.5. The lowest BCUT2D eigenvalue weighted by atomic mass is 9.99. The molecule has 1 saturated heterocycles. The molecule has 0 saturated carbocycles. The van der Waals surface area contributed by atoms with Crippen LogP contribution >= 0.6 is 0 Å². The van der Waals surface area contributed by atoms with Gasteiger partial charge in [-0.25, -0.2) is 8.42 Å². The van der Waals surface area contributed by atoms with Crippen molar-refractivity contribution in [3.8, 4) is 0 Å². The zero-order chi connectivity index (χ0) is 17.5. The summed E-state index contributed by atoms with van der Waals surface area (Å²) in [5.74, 6) is -1.94. The molecule has 6 nitrogen and oxygen atoms in total. The van der Waals surface area contributed by atoms with E-state index in [2.05, 4.69) is 0 Å². The SMILES string of the molecule is Cc1cc(S(C)(=O)=O)cc(C(=O)N2C[C@@H](C)[C@H](C(=O)O)C2)c1C. The van der Waals surface area contributed by atoms with Crippen LogP contribution in [0.4, 0.5) is 0 Å². The van der Waals surface area contributed by atoms with E-state index in [0.717, 1.165) is 11.8 Å². The molecule has 1 aromatic rings. The predicted octanol–water partition coefficient (Wildman–Crippen LogP) is 1.50. The van der Waals surface area contributed by atoms with Gasteiger partial charge in [-0.1, -0.05) is 6.92 Å². The lowest BCUT2D eigenvalue weighted by Crippen LogP contribution is -2.30. The van der Waals surface area contributed by atoms with Gasteiger partial charge >= 0.3 is 5.97 Å². The summed E-state index contributed by atoms with van der Waals surface area (Å²) in [6.45, 7) is 5.83. The molecule has 7 heteroatoms. The van der Waals surface area contributed by atoms with E-state index in [1.54, 1.807) is 26.8 Å². The van der Waals surface area contributed by atoms with Gasteiger partial charge < -0.3 is 10.0 Å². The molecule has 1 N–H and O–H groups in total. The molecule has 0 bridgehead atoms. The van der Waals surface area contributed by atoms with Crippen molar-refractivity contribution >= 4 is 21.7 Å². The van der Waals surface area contributed by atoms with Crippen molar-refractivity contribution in [3.63, 3.8) is 0 Å². The summed E-state index contributed by atoms with van der Waals surface area (Å²) >= 11 is 0. The Bertz CT molecular complexity index is 769. The van der Waals surface area contributed by atoms with Crippen LogP contribution in [-0.4, -0.2) is 49.6 Å². The Balaban J connectivity index is 2.41. The van der Waals surface area contributed by atoms with Gasteiger partial charge in [-0.3, -0.25) is 9.59 Å². The molecular weight excluding hydrogens is 318 g/mol. The minimum absolute atomic E-state index is 0.103. The highest BCUT2D eigenvalue weighted by atomic mass is 32.2. The second kappa shape index (κ2) is 5.96. The Hall–Kier alpha value is -1.89. The van der Waals surface area contributed by atoms with E-state index < -0.39 is 21.7 Å². The fourth-order valence-electron chi connectivity index (χ4n) is 2.89. The van der Waals surface area contributed by atoms with Crippen LogP contribution in [-0.2, 0) is 14.6 Å². The first-order valence-corrected chi connectivity index (χ1v) is 9.25. The number of carbonyl (C=O) groups is 2. The van der Waals surface area contributed by atoms with E-state index in [4.69, 9.17) is 0 Å². The van der Waals surface area contributed by atoms with E-state index in [9.17, 15) is 23.1 Å². The molecule has 0 spiro atoms. The maximum absolute atomic E-state index is 12.8. The van der Waals surface area contributed by atoms with Crippen LogP contribution in [0.3, 0.4) is 0 Å². The van der Waals surface area contributed by atoms with Crippen molar-refractivity contribution in [2.45, 2.75) is 25.7 Å². The second-order valence-corrected chi connectivity index (χ2v) is 8.33. The molecule has 126 valence electrons. The summed E-state index contributed by atoms with van der Waals surface area (Å²) in [6, 6.07) is 2.94. The van der Waals surface area contributed by atoms with Crippen molar-refractivity contribution < 1.29 is 23.1 Å². The zero-order valence-corrected chi connectivity index (χ0v) is 14.5. The number of carboxylic acid groups (broad SMARTS) is 1. The standard InChI is InChI=1S/C16H21NO5S/c1-9-5-12(23(4,21)22)6-13(11(9)3)15(18)17-7-10(2)14(8-17)16(19)20/h5-6,10,14H,7-8H2,1-4H3,(H,19,20)/t10-,14-/m1/s1. The number of hydrogen-bond donors (Lipinski definition) is 1. The predicted molar refractivity (Wildman–Crippen MR) is 85.2 cm³/mol. The van der Waals surface area contributed by atoms with Crippen molar-refractivity contribution in [2.75, 3.05) is 19.3 Å². The van der Waals surface area contributed by atoms with Gasteiger partial charge in [0.15, 0.2) is 9.84 Å². The number of hydrogen-bond acceptors (Lipinski definition) is 4. The Morgan fingerprint density at radius 3 is 2.30 bits per heavy atom. The highest BCUT2D eigenvalue weighted by molar-refractivity contribution is 7.90. The van der Waals surface area contributed by atoms with Crippen LogP contribution in [0.15, 0.2) is 17.0 Å². The number of nitrogens with zero attached hydrogens (tertiary/aromatic N) is 1. The minimum Gasteiger partial charge on any atom is -0.481 e. The molecule has 1 fully saturated rings. The highest BCUT2D eigenvalue weighted by Gasteiger charge is 2.37. The van der Waals surface area contributed by atoms with Crippen molar-refractivity contribution in [2.24, 2.45) is 11.8 Å². The lowest BCUT2D eigenvalue weighted by Gasteiger charge is -2.19. The smallest absolute Gasteiger partial charge is 0.308 e. The minimum atomic E-state index is -3.42. The van der Waals surface area contributed by atoms with Crippen molar-refractivity contribution in [3.05, 3.63) is 28.8 Å².